The smallest absolute Gasteiger partial charge is 0.475 e. The van der Waals surface area contributed by atoms with E-state index in [0.29, 0.717) is 12.0 Å². The molecule has 0 saturated heterocycles. The highest BCUT2D eigenvalue weighted by atomic mass is 19.4. The molecule has 0 amide bonds. The van der Waals surface area contributed by atoms with Crippen LogP contribution in [0.3, 0.4) is 0 Å². The minimum Gasteiger partial charge on any atom is -0.475 e. The average Bonchev–Trinajstić information content (AvgIpc) is 3.12. The van der Waals surface area contributed by atoms with Crippen LogP contribution >= 0.6 is 0 Å². The van der Waals surface area contributed by atoms with Crippen molar-refractivity contribution in [2.75, 3.05) is 7.05 Å². The minimum atomic E-state index is -5.08. The monoisotopic (exact) mass is 374 g/mol. The van der Waals surface area contributed by atoms with Crippen molar-refractivity contribution in [1.29, 1.82) is 0 Å². The van der Waals surface area contributed by atoms with E-state index in [1.165, 1.54) is 19.3 Å². The van der Waals surface area contributed by atoms with Crippen LogP contribution in [0.2, 0.25) is 0 Å². The van der Waals surface area contributed by atoms with Gasteiger partial charge in [-0.3, -0.25) is 4.68 Å². The number of carbonyl (C=O) groups is 1. The standard InChI is InChI=1S/C13H20N6.C2HF3O2/c1-14-13(11-4-3-5-11)12-9-19(17-16-12)8-10-6-15-18(2)7-10;3-2(4,5)1(6)7/h6-7,9,11,13-14H,3-5,8H2,1-2H3;(H,6,7). The molecule has 144 valence electrons. The summed E-state index contributed by atoms with van der Waals surface area (Å²) in [6.45, 7) is 0.724. The van der Waals surface area contributed by atoms with Crippen molar-refractivity contribution in [3.8, 4) is 0 Å². The quantitative estimate of drug-likeness (QED) is 0.828. The maximum Gasteiger partial charge on any atom is 0.490 e. The summed E-state index contributed by atoms with van der Waals surface area (Å²) < 4.78 is 35.4. The maximum atomic E-state index is 10.6. The van der Waals surface area contributed by atoms with Crippen LogP contribution in [-0.2, 0) is 18.4 Å². The number of halogens is 3. The Morgan fingerprint density at radius 3 is 2.50 bits per heavy atom. The zero-order chi connectivity index (χ0) is 19.3. The Morgan fingerprint density at radius 2 is 2.08 bits per heavy atom. The van der Waals surface area contributed by atoms with E-state index >= 15 is 0 Å². The van der Waals surface area contributed by atoms with Gasteiger partial charge in [0.15, 0.2) is 0 Å². The summed E-state index contributed by atoms with van der Waals surface area (Å²) in [7, 11) is 3.92. The third-order valence-electron chi connectivity index (χ3n) is 4.15. The molecule has 2 N–H and O–H groups in total. The Kier molecular flexibility index (Phi) is 6.35. The molecule has 1 saturated carbocycles. The first-order valence-corrected chi connectivity index (χ1v) is 8.05. The molecule has 0 spiro atoms. The highest BCUT2D eigenvalue weighted by Crippen LogP contribution is 2.36. The van der Waals surface area contributed by atoms with Gasteiger partial charge in [0.05, 0.1) is 30.7 Å². The predicted octanol–water partition coefficient (Wildman–Crippen LogP) is 1.75. The molecule has 3 rings (SSSR count). The van der Waals surface area contributed by atoms with Gasteiger partial charge in [-0.1, -0.05) is 11.6 Å². The number of aryl methyl sites for hydroxylation is 1. The lowest BCUT2D eigenvalue weighted by Gasteiger charge is -2.32. The van der Waals surface area contributed by atoms with E-state index in [-0.39, 0.29) is 0 Å². The molecule has 2 aromatic heterocycles. The van der Waals surface area contributed by atoms with Crippen LogP contribution in [0, 0.1) is 5.92 Å². The zero-order valence-electron chi connectivity index (χ0n) is 14.4. The molecule has 0 aromatic carbocycles. The summed E-state index contributed by atoms with van der Waals surface area (Å²) in [5, 5.41) is 23.2. The number of rotatable bonds is 5. The average molecular weight is 374 g/mol. The van der Waals surface area contributed by atoms with Crippen LogP contribution in [0.25, 0.3) is 0 Å². The highest BCUT2D eigenvalue weighted by Gasteiger charge is 2.38. The van der Waals surface area contributed by atoms with Crippen molar-refractivity contribution in [3.63, 3.8) is 0 Å². The van der Waals surface area contributed by atoms with Gasteiger partial charge in [-0.25, -0.2) is 9.48 Å². The fourth-order valence-electron chi connectivity index (χ4n) is 2.67. The Balaban J connectivity index is 0.000000298. The molecule has 1 unspecified atom stereocenters. The second-order valence-electron chi connectivity index (χ2n) is 6.12. The van der Waals surface area contributed by atoms with Crippen LogP contribution in [0.15, 0.2) is 18.6 Å². The van der Waals surface area contributed by atoms with Gasteiger partial charge in [-0.2, -0.15) is 18.3 Å². The van der Waals surface area contributed by atoms with E-state index in [1.807, 2.05) is 37.4 Å². The van der Waals surface area contributed by atoms with Crippen molar-refractivity contribution < 1.29 is 23.1 Å². The number of carboxylic acids is 1. The van der Waals surface area contributed by atoms with Crippen molar-refractivity contribution in [2.45, 2.75) is 38.0 Å². The van der Waals surface area contributed by atoms with Gasteiger partial charge in [-0.15, -0.1) is 5.10 Å². The number of aromatic nitrogens is 5. The van der Waals surface area contributed by atoms with E-state index in [2.05, 4.69) is 20.7 Å². The lowest BCUT2D eigenvalue weighted by atomic mass is 9.79. The lowest BCUT2D eigenvalue weighted by molar-refractivity contribution is -0.192. The number of aliphatic carboxylic acids is 1. The van der Waals surface area contributed by atoms with E-state index in [4.69, 9.17) is 9.90 Å². The number of alkyl halides is 3. The highest BCUT2D eigenvalue weighted by molar-refractivity contribution is 5.73. The van der Waals surface area contributed by atoms with E-state index in [0.717, 1.165) is 17.8 Å². The molecule has 2 aromatic rings. The van der Waals surface area contributed by atoms with Crippen molar-refractivity contribution in [2.24, 2.45) is 13.0 Å². The fourth-order valence-corrected chi connectivity index (χ4v) is 2.67. The summed E-state index contributed by atoms with van der Waals surface area (Å²) in [4.78, 5) is 8.90. The number of hydrogen-bond acceptors (Lipinski definition) is 5. The first-order valence-electron chi connectivity index (χ1n) is 8.05. The first-order chi connectivity index (χ1) is 12.2. The maximum absolute atomic E-state index is 10.6. The minimum absolute atomic E-state index is 0.344. The molecule has 1 atom stereocenters. The normalized spacial score (nSPS) is 15.7. The van der Waals surface area contributed by atoms with Crippen LogP contribution in [0.1, 0.15) is 36.6 Å². The summed E-state index contributed by atoms with van der Waals surface area (Å²) in [6, 6.07) is 0.344. The Labute approximate surface area is 148 Å². The lowest BCUT2D eigenvalue weighted by Crippen LogP contribution is -2.30. The summed E-state index contributed by atoms with van der Waals surface area (Å²) >= 11 is 0. The van der Waals surface area contributed by atoms with E-state index in [9.17, 15) is 13.2 Å². The number of nitrogens with one attached hydrogen (secondary N) is 1. The first kappa shape index (κ1) is 19.9. The van der Waals surface area contributed by atoms with Gasteiger partial charge in [-0.05, 0) is 25.8 Å². The van der Waals surface area contributed by atoms with Crippen molar-refractivity contribution in [3.05, 3.63) is 29.8 Å². The zero-order valence-corrected chi connectivity index (χ0v) is 14.4. The number of carboxylic acid groups (broad SMARTS) is 1. The molecular weight excluding hydrogens is 353 g/mol. The third kappa shape index (κ3) is 5.28. The SMILES string of the molecule is CNC(c1cn(Cc2cnn(C)c2)nn1)C1CCC1.O=C(O)C(F)(F)F. The number of nitrogens with zero attached hydrogens (tertiary/aromatic N) is 5. The van der Waals surface area contributed by atoms with Gasteiger partial charge < -0.3 is 10.4 Å². The van der Waals surface area contributed by atoms with Gasteiger partial charge in [0.1, 0.15) is 0 Å². The van der Waals surface area contributed by atoms with Gasteiger partial charge >= 0.3 is 12.1 Å². The third-order valence-corrected chi connectivity index (χ3v) is 4.15. The topological polar surface area (TPSA) is 97.9 Å². The second-order valence-corrected chi connectivity index (χ2v) is 6.12. The van der Waals surface area contributed by atoms with E-state index in [1.54, 1.807) is 4.68 Å². The molecule has 1 aliphatic rings. The van der Waals surface area contributed by atoms with Gasteiger partial charge in [0, 0.05) is 18.8 Å². The molecule has 0 aliphatic heterocycles. The van der Waals surface area contributed by atoms with Gasteiger partial charge in [0.2, 0.25) is 0 Å². The molecule has 2 heterocycles. The Bertz CT molecular complexity index is 723. The molecule has 11 heteroatoms. The van der Waals surface area contributed by atoms with Crippen LogP contribution < -0.4 is 5.32 Å². The fraction of sp³-hybridized carbons (Fsp3) is 0.600. The van der Waals surface area contributed by atoms with Crippen LogP contribution in [-0.4, -0.2) is 49.1 Å². The second kappa shape index (κ2) is 8.30. The Hall–Kier alpha value is -2.43. The predicted molar refractivity (Wildman–Crippen MR) is 85.2 cm³/mol. The molecule has 0 radical (unpaired) electrons. The summed E-state index contributed by atoms with van der Waals surface area (Å²) in [5.41, 5.74) is 2.19. The molecule has 1 fully saturated rings. The molecular formula is C15H21F3N6O2. The largest absolute Gasteiger partial charge is 0.490 e. The van der Waals surface area contributed by atoms with E-state index < -0.39 is 12.1 Å². The molecule has 8 nitrogen and oxygen atoms in total. The summed E-state index contributed by atoms with van der Waals surface area (Å²) in [6.07, 6.45) is 4.76. The van der Waals surface area contributed by atoms with Crippen LogP contribution in [0.4, 0.5) is 13.2 Å². The van der Waals surface area contributed by atoms with Crippen molar-refractivity contribution in [1.82, 2.24) is 30.1 Å². The van der Waals surface area contributed by atoms with Crippen LogP contribution in [0.5, 0.6) is 0 Å². The van der Waals surface area contributed by atoms with Crippen molar-refractivity contribution >= 4 is 5.97 Å². The Morgan fingerprint density at radius 1 is 1.42 bits per heavy atom. The molecule has 0 bridgehead atoms. The summed E-state index contributed by atoms with van der Waals surface area (Å²) in [5.74, 6) is -2.04. The molecule has 26 heavy (non-hydrogen) atoms. The molecule has 1 aliphatic carbocycles. The van der Waals surface area contributed by atoms with Gasteiger partial charge in [0.25, 0.3) is 0 Å². The number of hydrogen-bond donors (Lipinski definition) is 2.